The van der Waals surface area contributed by atoms with Gasteiger partial charge in [0.15, 0.2) is 5.03 Å². The molecular formula is C20H32N6O7. The minimum absolute atomic E-state index is 0.0651. The number of nitro groups is 1. The van der Waals surface area contributed by atoms with Crippen molar-refractivity contribution >= 4 is 18.0 Å². The highest BCUT2D eigenvalue weighted by Gasteiger charge is 2.28. The summed E-state index contributed by atoms with van der Waals surface area (Å²) < 4.78 is 5.25. The number of aliphatic hydroxyl groups is 1. The van der Waals surface area contributed by atoms with Crippen LogP contribution in [0.25, 0.3) is 0 Å². The zero-order valence-corrected chi connectivity index (χ0v) is 18.9. The Bertz CT molecular complexity index is 813. The average molecular weight is 469 g/mol. The molecule has 7 N–H and O–H groups in total. The van der Waals surface area contributed by atoms with Gasteiger partial charge in [-0.15, -0.1) is 0 Å². The molecule has 1 amide bonds. The molecule has 0 aromatic heterocycles. The monoisotopic (exact) mass is 468 g/mol. The van der Waals surface area contributed by atoms with E-state index in [4.69, 9.17) is 10.5 Å². The molecule has 0 fully saturated rings. The van der Waals surface area contributed by atoms with Crippen molar-refractivity contribution < 1.29 is 29.6 Å². The van der Waals surface area contributed by atoms with Crippen LogP contribution in [0.1, 0.15) is 39.2 Å². The molecule has 0 saturated carbocycles. The lowest BCUT2D eigenvalue weighted by atomic mass is 10.0. The molecule has 3 atom stereocenters. The lowest BCUT2D eigenvalue weighted by molar-refractivity contribution is -0.485. The predicted molar refractivity (Wildman–Crippen MR) is 120 cm³/mol. The Kier molecular flexibility index (Phi) is 11.0. The van der Waals surface area contributed by atoms with Crippen LogP contribution in [0.15, 0.2) is 35.4 Å². The first-order valence-electron chi connectivity index (χ1n) is 10.3. The van der Waals surface area contributed by atoms with Gasteiger partial charge in [-0.2, -0.15) is 0 Å². The maximum atomic E-state index is 12.3. The lowest BCUT2D eigenvalue weighted by Crippen LogP contribution is -2.56. The van der Waals surface area contributed by atoms with Crippen LogP contribution in [0, 0.1) is 10.1 Å². The van der Waals surface area contributed by atoms with E-state index >= 15 is 0 Å². The van der Waals surface area contributed by atoms with Gasteiger partial charge in [-0.3, -0.25) is 10.1 Å². The zero-order valence-electron chi connectivity index (χ0n) is 18.9. The van der Waals surface area contributed by atoms with Crippen molar-refractivity contribution in [2.75, 3.05) is 6.54 Å². The Morgan fingerprint density at radius 3 is 2.45 bits per heavy atom. The number of carboxylic acid groups (broad SMARTS) is 1. The summed E-state index contributed by atoms with van der Waals surface area (Å²) in [6.45, 7) is 5.23. The van der Waals surface area contributed by atoms with E-state index in [2.05, 4.69) is 21.1 Å². The number of ether oxygens (including phenoxy) is 1. The number of alkyl carbamates (subject to hydrolysis) is 1. The molecule has 1 unspecified atom stereocenters. The van der Waals surface area contributed by atoms with Gasteiger partial charge in [-0.1, -0.05) is 30.3 Å². The summed E-state index contributed by atoms with van der Waals surface area (Å²) in [5.41, 5.74) is 5.37. The molecule has 0 saturated heterocycles. The van der Waals surface area contributed by atoms with Crippen LogP contribution in [0.3, 0.4) is 0 Å². The Morgan fingerprint density at radius 1 is 1.27 bits per heavy atom. The highest BCUT2D eigenvalue weighted by Crippen LogP contribution is 2.11. The molecule has 0 radical (unpaired) electrons. The van der Waals surface area contributed by atoms with Crippen LogP contribution in [-0.2, 0) is 16.0 Å². The number of carboxylic acids is 1. The molecule has 0 aliphatic carbocycles. The highest BCUT2D eigenvalue weighted by molar-refractivity contribution is 5.77. The first-order chi connectivity index (χ1) is 15.4. The second-order valence-electron chi connectivity index (χ2n) is 8.24. The molecular weight excluding hydrogens is 436 g/mol. The molecule has 0 aliphatic rings. The number of carbonyl (C=O) groups is 2. The van der Waals surface area contributed by atoms with Gasteiger partial charge >= 0.3 is 12.1 Å². The van der Waals surface area contributed by atoms with Gasteiger partial charge in [0.1, 0.15) is 23.0 Å². The molecule has 0 bridgehead atoms. The summed E-state index contributed by atoms with van der Waals surface area (Å²) in [6.07, 6.45) is -1.62. The van der Waals surface area contributed by atoms with Crippen LogP contribution in [0.4, 0.5) is 4.79 Å². The molecule has 13 nitrogen and oxygen atoms in total. The smallest absolute Gasteiger partial charge is 0.408 e. The maximum Gasteiger partial charge on any atom is 0.408 e. The zero-order chi connectivity index (χ0) is 25.0. The van der Waals surface area contributed by atoms with Gasteiger partial charge < -0.3 is 31.3 Å². The summed E-state index contributed by atoms with van der Waals surface area (Å²) in [5.74, 6) is -1.61. The van der Waals surface area contributed by atoms with E-state index < -0.39 is 47.0 Å². The first-order valence-corrected chi connectivity index (χ1v) is 10.3. The lowest BCUT2D eigenvalue weighted by Gasteiger charge is -2.29. The van der Waals surface area contributed by atoms with Crippen molar-refractivity contribution in [3.8, 4) is 0 Å². The van der Waals surface area contributed by atoms with Gasteiger partial charge in [-0.05, 0) is 45.6 Å². The fraction of sp³-hybridized carbons (Fsp3) is 0.550. The Morgan fingerprint density at radius 2 is 1.91 bits per heavy atom. The quantitative estimate of drug-likeness (QED) is 0.0621. The largest absolute Gasteiger partial charge is 0.480 e. The summed E-state index contributed by atoms with van der Waals surface area (Å²) in [6, 6.07) is 7.02. The molecule has 0 aliphatic heterocycles. The molecule has 13 heteroatoms. The van der Waals surface area contributed by atoms with E-state index in [0.29, 0.717) is 0 Å². The maximum absolute atomic E-state index is 12.3. The van der Waals surface area contributed by atoms with Crippen molar-refractivity contribution in [2.24, 2.45) is 10.8 Å². The topological polar surface area (TPSA) is 201 Å². The number of hydrogen-bond donors (Lipinski definition) is 6. The van der Waals surface area contributed by atoms with E-state index in [9.17, 15) is 29.9 Å². The number of hydrazone groups is 1. The van der Waals surface area contributed by atoms with Crippen LogP contribution >= 0.6 is 0 Å². The number of benzene rings is 1. The van der Waals surface area contributed by atoms with Crippen molar-refractivity contribution in [3.63, 3.8) is 0 Å². The molecule has 184 valence electrons. The highest BCUT2D eigenvalue weighted by atomic mass is 16.7. The molecule has 1 aromatic rings. The van der Waals surface area contributed by atoms with E-state index in [0.717, 1.165) is 5.56 Å². The van der Waals surface area contributed by atoms with Crippen LogP contribution in [0.2, 0.25) is 0 Å². The number of rotatable bonds is 12. The average Bonchev–Trinajstić information content (AvgIpc) is 2.68. The van der Waals surface area contributed by atoms with Gasteiger partial charge in [0.2, 0.25) is 0 Å². The number of nitrogens with zero attached hydrogens (tertiary/aromatic N) is 2. The fourth-order valence-electron chi connectivity index (χ4n) is 2.81. The van der Waals surface area contributed by atoms with E-state index in [1.54, 1.807) is 32.9 Å². The summed E-state index contributed by atoms with van der Waals surface area (Å²) in [4.78, 5) is 34.2. The molecule has 1 aromatic carbocycles. The van der Waals surface area contributed by atoms with Crippen molar-refractivity contribution in [3.05, 3.63) is 46.0 Å². The molecule has 33 heavy (non-hydrogen) atoms. The Balaban J connectivity index is 2.79. The molecule has 1 rings (SSSR count). The van der Waals surface area contributed by atoms with Crippen LogP contribution in [-0.4, -0.2) is 63.7 Å². The third-order valence-electron chi connectivity index (χ3n) is 4.22. The van der Waals surface area contributed by atoms with Crippen LogP contribution < -0.4 is 21.7 Å². The summed E-state index contributed by atoms with van der Waals surface area (Å²) in [5, 5.41) is 40.1. The van der Waals surface area contributed by atoms with E-state index in [1.807, 2.05) is 18.2 Å². The second kappa shape index (κ2) is 13.2. The third-order valence-corrected chi connectivity index (χ3v) is 4.22. The number of guanidine groups is 1. The summed E-state index contributed by atoms with van der Waals surface area (Å²) in [7, 11) is 0. The number of hydrogen-bond acceptors (Lipinski definition) is 7. The number of aliphatic hydroxyl groups excluding tert-OH is 1. The normalized spacial score (nSPS) is 14.6. The number of aliphatic carboxylic acids is 1. The van der Waals surface area contributed by atoms with E-state index in [-0.39, 0.29) is 25.8 Å². The first kappa shape index (κ1) is 27.6. The van der Waals surface area contributed by atoms with Gasteiger partial charge in [0.05, 0.1) is 6.04 Å². The number of nitrogens with two attached hydrogens (primary N) is 1. The predicted octanol–water partition coefficient (Wildman–Crippen LogP) is 0.360. The standard InChI is InChI=1S/C20H32N6O7/c1-20(2,3)33-19(30)24-15(12-13-8-5-4-6-9-13)16(27)23-14(17(28)29)10-7-11-22-18(21)25-26(31)32/h4-6,8-9,14-16,23,27H,7,10-12H2,1-3H3,(H,24,30)(H,28,29)(H3,21,22,25)/t14-,15+,16?/m0/s1. The van der Waals surface area contributed by atoms with Crippen LogP contribution in [0.5, 0.6) is 0 Å². The third kappa shape index (κ3) is 12.2. The summed E-state index contributed by atoms with van der Waals surface area (Å²) >= 11 is 0. The molecule has 0 heterocycles. The van der Waals surface area contributed by atoms with Crippen molar-refractivity contribution in [1.29, 1.82) is 0 Å². The Labute approximate surface area is 191 Å². The SMILES string of the molecule is CC(C)(C)OC(=O)N[C@H](Cc1ccccc1)C(O)N[C@@H](CCCN/C(N)=N/[N+](=O)[O-])C(=O)O. The van der Waals surface area contributed by atoms with Crippen molar-refractivity contribution in [1.82, 2.24) is 16.0 Å². The minimum atomic E-state index is -1.41. The van der Waals surface area contributed by atoms with E-state index in [1.165, 1.54) is 0 Å². The number of carbonyl (C=O) groups excluding carboxylic acids is 1. The second-order valence-corrected chi connectivity index (χ2v) is 8.24. The van der Waals surface area contributed by atoms with Gasteiger partial charge in [0.25, 0.3) is 5.96 Å². The van der Waals surface area contributed by atoms with Crippen molar-refractivity contribution in [2.45, 2.75) is 63.9 Å². The fourth-order valence-corrected chi connectivity index (χ4v) is 2.81. The van der Waals surface area contributed by atoms with Gasteiger partial charge in [-0.25, -0.2) is 14.9 Å². The molecule has 0 spiro atoms. The minimum Gasteiger partial charge on any atom is -0.480 e. The number of amides is 1. The Hall–Kier alpha value is -3.45. The number of nitrogens with one attached hydrogen (secondary N) is 3. The van der Waals surface area contributed by atoms with Gasteiger partial charge in [0, 0.05) is 6.54 Å².